The number of aryl methyl sites for hydroxylation is 2. The van der Waals surface area contributed by atoms with Gasteiger partial charge in [0.2, 0.25) is 0 Å². The van der Waals surface area contributed by atoms with Crippen LogP contribution in [0.5, 0.6) is 0 Å². The zero-order valence-corrected chi connectivity index (χ0v) is 11.5. The quantitative estimate of drug-likeness (QED) is 0.700. The lowest BCUT2D eigenvalue weighted by Gasteiger charge is -2.02. The van der Waals surface area contributed by atoms with Crippen LogP contribution in [0.15, 0.2) is 10.2 Å². The van der Waals surface area contributed by atoms with Gasteiger partial charge in [-0.2, -0.15) is 5.10 Å². The molecule has 0 aliphatic heterocycles. The van der Waals surface area contributed by atoms with E-state index in [1.165, 1.54) is 0 Å². The lowest BCUT2D eigenvalue weighted by atomic mass is 10.4. The van der Waals surface area contributed by atoms with E-state index in [9.17, 15) is 4.79 Å². The molecule has 0 aliphatic rings. The van der Waals surface area contributed by atoms with Crippen LogP contribution in [0, 0.1) is 11.7 Å². The van der Waals surface area contributed by atoms with Crippen molar-refractivity contribution in [3.63, 3.8) is 0 Å². The molecule has 0 unspecified atom stereocenters. The van der Waals surface area contributed by atoms with Gasteiger partial charge in [0.25, 0.3) is 0 Å². The molecule has 94 valence electrons. The van der Waals surface area contributed by atoms with Gasteiger partial charge in [-0.25, -0.2) is 0 Å². The van der Waals surface area contributed by atoms with Crippen molar-refractivity contribution in [1.29, 1.82) is 0 Å². The minimum absolute atomic E-state index is 0.0514. The number of H-pyrrole nitrogens is 2. The highest BCUT2D eigenvalue weighted by molar-refractivity contribution is 7.71. The van der Waals surface area contributed by atoms with Crippen molar-refractivity contribution in [2.24, 2.45) is 7.05 Å². The van der Waals surface area contributed by atoms with Gasteiger partial charge in [0.15, 0.2) is 10.4 Å². The number of thiazole rings is 1. The first kappa shape index (κ1) is 11.4. The van der Waals surface area contributed by atoms with Gasteiger partial charge in [0, 0.05) is 18.1 Å². The summed E-state index contributed by atoms with van der Waals surface area (Å²) in [5, 5.41) is 6.16. The van der Waals surface area contributed by atoms with Crippen molar-refractivity contribution in [1.82, 2.24) is 24.3 Å². The second-order valence-corrected chi connectivity index (χ2v) is 5.33. The third kappa shape index (κ3) is 1.65. The second kappa shape index (κ2) is 3.92. The molecule has 0 radical (unpaired) electrons. The normalized spacial score (nSPS) is 11.4. The van der Waals surface area contributed by atoms with Gasteiger partial charge in [0.05, 0.1) is 12.2 Å². The van der Waals surface area contributed by atoms with Gasteiger partial charge in [-0.3, -0.25) is 14.0 Å². The third-order valence-electron chi connectivity index (χ3n) is 2.82. The van der Waals surface area contributed by atoms with Gasteiger partial charge in [0.1, 0.15) is 5.52 Å². The Labute approximate surface area is 111 Å². The zero-order chi connectivity index (χ0) is 12.9. The number of aromatic amines is 2. The average molecular weight is 281 g/mol. The maximum absolute atomic E-state index is 11.1. The summed E-state index contributed by atoms with van der Waals surface area (Å²) in [5.41, 5.74) is 3.64. The molecule has 0 amide bonds. The van der Waals surface area contributed by atoms with Crippen molar-refractivity contribution < 1.29 is 0 Å². The van der Waals surface area contributed by atoms with Crippen LogP contribution in [0.1, 0.15) is 11.4 Å². The molecule has 0 saturated carbocycles. The number of imidazole rings is 1. The van der Waals surface area contributed by atoms with E-state index < -0.39 is 0 Å². The molecule has 0 fully saturated rings. The summed E-state index contributed by atoms with van der Waals surface area (Å²) >= 11 is 6.47. The van der Waals surface area contributed by atoms with E-state index >= 15 is 0 Å². The van der Waals surface area contributed by atoms with E-state index in [0.29, 0.717) is 11.3 Å². The topological polar surface area (TPSA) is 71.4 Å². The van der Waals surface area contributed by atoms with Crippen LogP contribution in [0.2, 0.25) is 0 Å². The molecule has 0 spiro atoms. The number of hydrogen-bond donors (Lipinski definition) is 2. The first-order chi connectivity index (χ1) is 8.56. The van der Waals surface area contributed by atoms with Gasteiger partial charge in [-0.15, -0.1) is 0 Å². The van der Waals surface area contributed by atoms with Gasteiger partial charge in [-0.05, 0) is 19.1 Å². The van der Waals surface area contributed by atoms with Crippen molar-refractivity contribution in [3.8, 4) is 0 Å². The molecule has 6 nitrogen and oxygen atoms in total. The molecule has 2 N–H and O–H groups in total. The minimum Gasteiger partial charge on any atom is -0.328 e. The van der Waals surface area contributed by atoms with E-state index in [0.717, 1.165) is 33.9 Å². The maximum Gasteiger partial charge on any atom is 0.304 e. The van der Waals surface area contributed by atoms with E-state index in [1.807, 2.05) is 23.9 Å². The van der Waals surface area contributed by atoms with E-state index in [-0.39, 0.29) is 4.87 Å². The molecule has 3 aromatic rings. The highest BCUT2D eigenvalue weighted by atomic mass is 32.1. The van der Waals surface area contributed by atoms with Crippen LogP contribution in [0.25, 0.3) is 11.2 Å². The summed E-state index contributed by atoms with van der Waals surface area (Å²) in [6.45, 7) is 2.47. The summed E-state index contributed by atoms with van der Waals surface area (Å²) in [6, 6.07) is 0. The lowest BCUT2D eigenvalue weighted by Crippen LogP contribution is -2.06. The predicted molar refractivity (Wildman–Crippen MR) is 72.7 cm³/mol. The molecule has 18 heavy (non-hydrogen) atoms. The van der Waals surface area contributed by atoms with Gasteiger partial charge in [-0.1, -0.05) is 11.3 Å². The van der Waals surface area contributed by atoms with Gasteiger partial charge >= 0.3 is 4.87 Å². The van der Waals surface area contributed by atoms with Crippen LogP contribution >= 0.6 is 23.6 Å². The molecule has 0 aliphatic carbocycles. The number of rotatable bonds is 2. The highest BCUT2D eigenvalue weighted by Gasteiger charge is 2.13. The Bertz CT molecular complexity index is 831. The lowest BCUT2D eigenvalue weighted by molar-refractivity contribution is 0.708. The van der Waals surface area contributed by atoms with E-state index in [2.05, 4.69) is 15.1 Å². The molecule has 3 heterocycles. The standard InChI is InChI=1S/C10H11N5OS2/c1-5-7-8(14(2)13-5)15(9(17)12-7)3-6-4-18-10(16)11-6/h4H,3H2,1-2H3,(H,11,16)(H,12,17). The largest absolute Gasteiger partial charge is 0.328 e. The SMILES string of the molecule is Cc1nn(C)c2c1[nH]c(=S)n2Cc1csc(=O)[nH]1. The van der Waals surface area contributed by atoms with Crippen LogP contribution in [-0.4, -0.2) is 24.3 Å². The minimum atomic E-state index is -0.0514. The van der Waals surface area contributed by atoms with Crippen molar-refractivity contribution in [2.45, 2.75) is 13.5 Å². The van der Waals surface area contributed by atoms with Gasteiger partial charge < -0.3 is 9.97 Å². The molecular formula is C10H11N5OS2. The molecule has 3 aromatic heterocycles. The summed E-state index contributed by atoms with van der Waals surface area (Å²) in [4.78, 5) is 17.0. The van der Waals surface area contributed by atoms with Crippen molar-refractivity contribution >= 4 is 34.7 Å². The molecule has 0 bridgehead atoms. The zero-order valence-electron chi connectivity index (χ0n) is 9.85. The second-order valence-electron chi connectivity index (χ2n) is 4.10. The monoisotopic (exact) mass is 281 g/mol. The predicted octanol–water partition coefficient (Wildman–Crippen LogP) is 1.54. The first-order valence-corrected chi connectivity index (χ1v) is 6.64. The number of nitrogens with one attached hydrogen (secondary N) is 2. The van der Waals surface area contributed by atoms with Crippen LogP contribution < -0.4 is 4.87 Å². The molecule has 3 rings (SSSR count). The van der Waals surface area contributed by atoms with Crippen molar-refractivity contribution in [3.05, 3.63) is 31.2 Å². The Kier molecular flexibility index (Phi) is 2.49. The van der Waals surface area contributed by atoms with Crippen molar-refractivity contribution in [2.75, 3.05) is 0 Å². The fourth-order valence-electron chi connectivity index (χ4n) is 2.08. The summed E-state index contributed by atoms with van der Waals surface area (Å²) in [5.74, 6) is 0. The van der Waals surface area contributed by atoms with Crippen LogP contribution in [0.4, 0.5) is 0 Å². The Hall–Kier alpha value is -1.67. The number of hydrogen-bond acceptors (Lipinski definition) is 4. The third-order valence-corrected chi connectivity index (χ3v) is 3.86. The maximum atomic E-state index is 11.1. The molecule has 0 aromatic carbocycles. The number of nitrogens with zero attached hydrogens (tertiary/aromatic N) is 3. The Balaban J connectivity index is 2.19. The van der Waals surface area contributed by atoms with E-state index in [1.54, 1.807) is 4.68 Å². The Morgan fingerprint density at radius 1 is 1.50 bits per heavy atom. The fraction of sp³-hybridized carbons (Fsp3) is 0.300. The van der Waals surface area contributed by atoms with E-state index in [4.69, 9.17) is 12.2 Å². The Morgan fingerprint density at radius 2 is 2.28 bits per heavy atom. The van der Waals surface area contributed by atoms with Crippen LogP contribution in [-0.2, 0) is 13.6 Å². The Morgan fingerprint density at radius 3 is 2.94 bits per heavy atom. The smallest absolute Gasteiger partial charge is 0.304 e. The fourth-order valence-corrected chi connectivity index (χ4v) is 2.91. The number of aromatic nitrogens is 5. The number of fused-ring (bicyclic) bond motifs is 1. The average Bonchev–Trinajstić information content (AvgIpc) is 2.91. The molecule has 8 heteroatoms. The molecule has 0 saturated heterocycles. The highest BCUT2D eigenvalue weighted by Crippen LogP contribution is 2.17. The molecular weight excluding hydrogens is 270 g/mol. The summed E-state index contributed by atoms with van der Waals surface area (Å²) in [6.07, 6.45) is 0. The summed E-state index contributed by atoms with van der Waals surface area (Å²) < 4.78 is 4.36. The summed E-state index contributed by atoms with van der Waals surface area (Å²) in [7, 11) is 1.88. The first-order valence-electron chi connectivity index (χ1n) is 5.35. The van der Waals surface area contributed by atoms with Crippen LogP contribution in [0.3, 0.4) is 0 Å². The molecule has 0 atom stereocenters.